The molecule has 0 aliphatic heterocycles. The van der Waals surface area contributed by atoms with Gasteiger partial charge in [-0.05, 0) is 54.3 Å². The van der Waals surface area contributed by atoms with Crippen LogP contribution in [0.5, 0.6) is 5.75 Å². The molecule has 2 aromatic rings. The van der Waals surface area contributed by atoms with Gasteiger partial charge in [-0.1, -0.05) is 24.3 Å². The van der Waals surface area contributed by atoms with Crippen LogP contribution in [0.3, 0.4) is 0 Å². The third-order valence-corrected chi connectivity index (χ3v) is 2.73. The van der Waals surface area contributed by atoms with Gasteiger partial charge < -0.3 is 4.74 Å². The summed E-state index contributed by atoms with van der Waals surface area (Å²) in [6.07, 6.45) is 5.24. The van der Waals surface area contributed by atoms with Gasteiger partial charge in [0.25, 0.3) is 0 Å². The number of benzene rings is 2. The number of hydrogen-bond acceptors (Lipinski definition) is 1. The lowest BCUT2D eigenvalue weighted by molar-refractivity contribution is 0.308. The van der Waals surface area contributed by atoms with Crippen LogP contribution >= 0.6 is 0 Å². The average molecular weight is 225 g/mol. The summed E-state index contributed by atoms with van der Waals surface area (Å²) in [6, 6.07) is 15.2. The summed E-state index contributed by atoms with van der Waals surface area (Å²) in [5.74, 6) is 0.947. The molecule has 0 unspecified atom stereocenters. The van der Waals surface area contributed by atoms with Crippen molar-refractivity contribution in [3.05, 3.63) is 55.1 Å². The molecule has 0 heterocycles. The van der Waals surface area contributed by atoms with Crippen molar-refractivity contribution in [2.45, 2.75) is 19.3 Å². The van der Waals surface area contributed by atoms with Crippen LogP contribution in [0.25, 0.3) is 10.8 Å². The molecule has 2 rings (SSSR count). The monoisotopic (exact) mass is 225 g/mol. The van der Waals surface area contributed by atoms with Crippen molar-refractivity contribution in [2.24, 2.45) is 0 Å². The molecule has 0 bridgehead atoms. The second-order valence-corrected chi connectivity index (χ2v) is 4.07. The smallest absolute Gasteiger partial charge is 0.119 e. The lowest BCUT2D eigenvalue weighted by Gasteiger charge is -2.06. The van der Waals surface area contributed by atoms with Crippen LogP contribution in [0.1, 0.15) is 19.3 Å². The van der Waals surface area contributed by atoms with Gasteiger partial charge in [-0.2, -0.15) is 0 Å². The zero-order chi connectivity index (χ0) is 11.9. The molecule has 17 heavy (non-hydrogen) atoms. The van der Waals surface area contributed by atoms with Gasteiger partial charge in [0.05, 0.1) is 6.61 Å². The second-order valence-electron chi connectivity index (χ2n) is 4.07. The average Bonchev–Trinajstić information content (AvgIpc) is 2.38. The lowest BCUT2D eigenvalue weighted by atomic mass is 10.1. The van der Waals surface area contributed by atoms with Crippen molar-refractivity contribution in [1.82, 2.24) is 0 Å². The highest BCUT2D eigenvalue weighted by atomic mass is 16.5. The highest BCUT2D eigenvalue weighted by molar-refractivity contribution is 5.83. The van der Waals surface area contributed by atoms with Crippen molar-refractivity contribution >= 4 is 10.8 Å². The van der Waals surface area contributed by atoms with Crippen molar-refractivity contribution < 1.29 is 4.74 Å². The van der Waals surface area contributed by atoms with E-state index in [0.29, 0.717) is 0 Å². The number of ether oxygens (including phenoxy) is 1. The van der Waals surface area contributed by atoms with Crippen LogP contribution in [-0.4, -0.2) is 6.61 Å². The molecule has 0 N–H and O–H groups in total. The molecule has 0 saturated carbocycles. The molecule has 87 valence electrons. The molecule has 0 aliphatic rings. The molecular formula is C16H17O. The minimum atomic E-state index is 0.776. The number of unbranched alkanes of at least 4 members (excludes halogenated alkanes) is 2. The van der Waals surface area contributed by atoms with Crippen molar-refractivity contribution in [3.63, 3.8) is 0 Å². The van der Waals surface area contributed by atoms with E-state index in [-0.39, 0.29) is 0 Å². The van der Waals surface area contributed by atoms with Gasteiger partial charge in [0.15, 0.2) is 0 Å². The van der Waals surface area contributed by atoms with Gasteiger partial charge in [0, 0.05) is 0 Å². The first-order valence-corrected chi connectivity index (χ1v) is 6.04. The fraction of sp³-hybridized carbons (Fsp3) is 0.250. The van der Waals surface area contributed by atoms with E-state index in [9.17, 15) is 0 Å². The molecule has 1 nitrogen and oxygen atoms in total. The Kier molecular flexibility index (Phi) is 4.20. The van der Waals surface area contributed by atoms with Crippen molar-refractivity contribution in [3.8, 4) is 5.75 Å². The summed E-state index contributed by atoms with van der Waals surface area (Å²) in [6.45, 7) is 4.48. The van der Waals surface area contributed by atoms with E-state index in [4.69, 9.17) is 4.74 Å². The first kappa shape index (κ1) is 11.7. The summed E-state index contributed by atoms with van der Waals surface area (Å²) >= 11 is 0. The van der Waals surface area contributed by atoms with Crippen LogP contribution in [0.15, 0.2) is 49.1 Å². The SMILES string of the molecule is C=CCCCCOc1ccc2c[c]ccc2c1. The molecule has 2 aromatic carbocycles. The normalized spacial score (nSPS) is 10.4. The molecule has 1 radical (unpaired) electrons. The van der Waals surface area contributed by atoms with Gasteiger partial charge in [-0.25, -0.2) is 0 Å². The molecule has 0 fully saturated rings. The van der Waals surface area contributed by atoms with Crippen LogP contribution in [-0.2, 0) is 0 Å². The number of fused-ring (bicyclic) bond motifs is 1. The van der Waals surface area contributed by atoms with E-state index in [0.717, 1.165) is 31.6 Å². The Balaban J connectivity index is 1.92. The quantitative estimate of drug-likeness (QED) is 0.524. The molecule has 1 heteroatoms. The van der Waals surface area contributed by atoms with Gasteiger partial charge >= 0.3 is 0 Å². The van der Waals surface area contributed by atoms with Gasteiger partial charge in [0.2, 0.25) is 0 Å². The van der Waals surface area contributed by atoms with E-state index in [1.165, 1.54) is 10.8 Å². The number of hydrogen-bond donors (Lipinski definition) is 0. The zero-order valence-corrected chi connectivity index (χ0v) is 9.99. The number of rotatable bonds is 6. The Morgan fingerprint density at radius 2 is 2.12 bits per heavy atom. The third kappa shape index (κ3) is 3.35. The minimum Gasteiger partial charge on any atom is -0.494 e. The maximum Gasteiger partial charge on any atom is 0.119 e. The maximum absolute atomic E-state index is 5.72. The Hall–Kier alpha value is -1.76. The highest BCUT2D eigenvalue weighted by Crippen LogP contribution is 2.20. The Morgan fingerprint density at radius 3 is 3.00 bits per heavy atom. The largest absolute Gasteiger partial charge is 0.494 e. The summed E-state index contributed by atoms with van der Waals surface area (Å²) in [5.41, 5.74) is 0. The third-order valence-electron chi connectivity index (χ3n) is 2.73. The summed E-state index contributed by atoms with van der Waals surface area (Å²) in [4.78, 5) is 0. The summed E-state index contributed by atoms with van der Waals surface area (Å²) in [7, 11) is 0. The molecule has 0 aromatic heterocycles. The highest BCUT2D eigenvalue weighted by Gasteiger charge is 1.96. The molecule has 0 spiro atoms. The number of allylic oxidation sites excluding steroid dienone is 1. The predicted molar refractivity (Wildman–Crippen MR) is 72.3 cm³/mol. The fourth-order valence-corrected chi connectivity index (χ4v) is 1.77. The van der Waals surface area contributed by atoms with E-state index < -0.39 is 0 Å². The second kappa shape index (κ2) is 6.09. The molecule has 0 amide bonds. The van der Waals surface area contributed by atoms with E-state index in [1.54, 1.807) is 0 Å². The standard InChI is InChI=1S/C16H17O/c1-2-3-4-7-12-17-16-11-10-14-8-5-6-9-15(14)13-16/h2,6,8-11,13H,1,3-4,7,12H2. The molecule has 0 saturated heterocycles. The topological polar surface area (TPSA) is 9.23 Å². The predicted octanol–water partition coefficient (Wildman–Crippen LogP) is 4.38. The maximum atomic E-state index is 5.72. The van der Waals surface area contributed by atoms with Crippen LogP contribution in [0.2, 0.25) is 0 Å². The van der Waals surface area contributed by atoms with E-state index >= 15 is 0 Å². The Bertz CT molecular complexity index is 488. The van der Waals surface area contributed by atoms with Crippen molar-refractivity contribution in [1.29, 1.82) is 0 Å². The van der Waals surface area contributed by atoms with Crippen LogP contribution in [0.4, 0.5) is 0 Å². The van der Waals surface area contributed by atoms with Crippen molar-refractivity contribution in [2.75, 3.05) is 6.61 Å². The summed E-state index contributed by atoms with van der Waals surface area (Å²) < 4.78 is 5.72. The first-order chi connectivity index (χ1) is 8.40. The first-order valence-electron chi connectivity index (χ1n) is 6.04. The van der Waals surface area contributed by atoms with Gasteiger partial charge in [0.1, 0.15) is 5.75 Å². The Morgan fingerprint density at radius 1 is 1.18 bits per heavy atom. The van der Waals surface area contributed by atoms with Gasteiger partial charge in [-0.15, -0.1) is 6.58 Å². The minimum absolute atomic E-state index is 0.776. The molecular weight excluding hydrogens is 208 g/mol. The fourth-order valence-electron chi connectivity index (χ4n) is 1.77. The summed E-state index contributed by atoms with van der Waals surface area (Å²) in [5, 5.41) is 2.40. The van der Waals surface area contributed by atoms with E-state index in [1.807, 2.05) is 24.3 Å². The van der Waals surface area contributed by atoms with E-state index in [2.05, 4.69) is 30.8 Å². The van der Waals surface area contributed by atoms with Crippen LogP contribution < -0.4 is 4.74 Å². The zero-order valence-electron chi connectivity index (χ0n) is 9.99. The molecule has 0 atom stereocenters. The van der Waals surface area contributed by atoms with Crippen LogP contribution in [0, 0.1) is 6.07 Å². The molecule has 0 aliphatic carbocycles. The lowest BCUT2D eigenvalue weighted by Crippen LogP contribution is -1.96. The Labute approximate surface area is 103 Å². The van der Waals surface area contributed by atoms with Gasteiger partial charge in [-0.3, -0.25) is 0 Å².